The molecule has 1 aliphatic heterocycles. The number of thiophene rings is 1. The van der Waals surface area contributed by atoms with Crippen molar-refractivity contribution in [3.63, 3.8) is 0 Å². The van der Waals surface area contributed by atoms with Crippen LogP contribution in [0.15, 0.2) is 48.9 Å². The summed E-state index contributed by atoms with van der Waals surface area (Å²) in [5, 5.41) is 4.09. The highest BCUT2D eigenvalue weighted by Crippen LogP contribution is 2.37. The molecule has 0 atom stereocenters. The summed E-state index contributed by atoms with van der Waals surface area (Å²) in [7, 11) is 0. The lowest BCUT2D eigenvalue weighted by Crippen LogP contribution is -2.38. The van der Waals surface area contributed by atoms with Gasteiger partial charge >= 0.3 is 0 Å². The predicted octanol–water partition coefficient (Wildman–Crippen LogP) is 5.52. The van der Waals surface area contributed by atoms with Crippen LogP contribution < -0.4 is 10.1 Å². The maximum Gasteiger partial charge on any atom is 0.170 e. The second-order valence-electron chi connectivity index (χ2n) is 8.69. The first-order valence-corrected chi connectivity index (χ1v) is 12.4. The average molecular weight is 492 g/mol. The molecule has 0 unspecified atom stereocenters. The molecule has 180 valence electrons. The lowest BCUT2D eigenvalue weighted by Gasteiger charge is -2.32. The number of hydrogen-bond acceptors (Lipinski definition) is 8. The van der Waals surface area contributed by atoms with Crippen LogP contribution in [0.5, 0.6) is 5.75 Å². The first kappa shape index (κ1) is 23.3. The molecule has 35 heavy (non-hydrogen) atoms. The molecule has 0 saturated carbocycles. The Labute approximate surface area is 207 Å². The number of carbonyl (C=O) groups is 1. The minimum absolute atomic E-state index is 0.00311. The van der Waals surface area contributed by atoms with E-state index in [0.717, 1.165) is 53.9 Å². The van der Waals surface area contributed by atoms with Crippen molar-refractivity contribution in [1.82, 2.24) is 19.9 Å². The van der Waals surface area contributed by atoms with Crippen LogP contribution in [0.4, 0.5) is 15.9 Å². The van der Waals surface area contributed by atoms with Gasteiger partial charge in [0.1, 0.15) is 34.6 Å². The molecule has 9 heteroatoms. The van der Waals surface area contributed by atoms with Gasteiger partial charge in [0, 0.05) is 31.9 Å². The average Bonchev–Trinajstić information content (AvgIpc) is 3.20. The van der Waals surface area contributed by atoms with Crippen LogP contribution in [0.25, 0.3) is 10.2 Å². The fourth-order valence-corrected chi connectivity index (χ4v) is 5.46. The largest absolute Gasteiger partial charge is 0.488 e. The first-order chi connectivity index (χ1) is 17.0. The number of carbonyl (C=O) groups excluding carboxylic acids is 1. The number of hydrogen-bond donors (Lipinski definition) is 1. The molecule has 0 spiro atoms. The molecular weight excluding hydrogens is 465 g/mol. The van der Waals surface area contributed by atoms with Gasteiger partial charge in [-0.3, -0.25) is 14.7 Å². The number of likely N-dealkylation sites (tertiary alicyclic amines) is 1. The number of nitrogens with zero attached hydrogens (tertiary/aromatic N) is 4. The fraction of sp³-hybridized carbons (Fsp3) is 0.308. The van der Waals surface area contributed by atoms with E-state index in [1.165, 1.54) is 29.8 Å². The molecule has 1 fully saturated rings. The zero-order valence-corrected chi connectivity index (χ0v) is 20.4. The molecule has 4 heterocycles. The lowest BCUT2D eigenvalue weighted by atomic mass is 10.1. The Morgan fingerprint density at radius 2 is 2.03 bits per heavy atom. The van der Waals surface area contributed by atoms with E-state index in [1.54, 1.807) is 13.0 Å². The summed E-state index contributed by atoms with van der Waals surface area (Å²) in [4.78, 5) is 28.9. The number of anilines is 2. The van der Waals surface area contributed by atoms with Gasteiger partial charge in [-0.05, 0) is 56.5 Å². The van der Waals surface area contributed by atoms with Gasteiger partial charge in [-0.25, -0.2) is 14.4 Å². The van der Waals surface area contributed by atoms with Crippen molar-refractivity contribution < 1.29 is 13.9 Å². The van der Waals surface area contributed by atoms with Gasteiger partial charge in [-0.1, -0.05) is 6.07 Å². The maximum atomic E-state index is 14.2. The molecule has 3 aromatic heterocycles. The van der Waals surface area contributed by atoms with Crippen LogP contribution in [0.3, 0.4) is 0 Å². The van der Waals surface area contributed by atoms with Gasteiger partial charge in [-0.15, -0.1) is 11.3 Å². The number of fused-ring (bicyclic) bond motifs is 1. The summed E-state index contributed by atoms with van der Waals surface area (Å²) < 4.78 is 20.5. The number of pyridine rings is 1. The number of nitrogens with one attached hydrogen (secondary N) is 1. The van der Waals surface area contributed by atoms with E-state index >= 15 is 0 Å². The van der Waals surface area contributed by atoms with Crippen molar-refractivity contribution in [1.29, 1.82) is 0 Å². The van der Waals surface area contributed by atoms with Crippen molar-refractivity contribution in [3.05, 3.63) is 70.9 Å². The van der Waals surface area contributed by atoms with Crippen LogP contribution in [0.2, 0.25) is 0 Å². The van der Waals surface area contributed by atoms with Gasteiger partial charge < -0.3 is 10.1 Å². The Morgan fingerprint density at radius 3 is 2.77 bits per heavy atom. The number of halogens is 1. The van der Waals surface area contributed by atoms with E-state index in [-0.39, 0.29) is 17.7 Å². The van der Waals surface area contributed by atoms with Crippen LogP contribution in [-0.4, -0.2) is 44.8 Å². The van der Waals surface area contributed by atoms with Crippen molar-refractivity contribution in [3.8, 4) is 5.75 Å². The zero-order valence-electron chi connectivity index (χ0n) is 19.6. The van der Waals surface area contributed by atoms with Crippen molar-refractivity contribution in [2.75, 3.05) is 18.4 Å². The minimum Gasteiger partial charge on any atom is -0.488 e. The highest BCUT2D eigenvalue weighted by molar-refractivity contribution is 7.20. The molecule has 0 aliphatic carbocycles. The second-order valence-corrected chi connectivity index (χ2v) is 9.69. The Bertz CT molecular complexity index is 1350. The Balaban J connectivity index is 1.32. The molecule has 0 bridgehead atoms. The Morgan fingerprint density at radius 1 is 1.20 bits per heavy atom. The summed E-state index contributed by atoms with van der Waals surface area (Å²) in [6.07, 6.45) is 4.94. The molecule has 0 radical (unpaired) electrons. The quantitative estimate of drug-likeness (QED) is 0.341. The van der Waals surface area contributed by atoms with Crippen molar-refractivity contribution in [2.45, 2.75) is 39.3 Å². The molecule has 1 saturated heterocycles. The molecule has 0 amide bonds. The van der Waals surface area contributed by atoms with Gasteiger partial charge in [0.25, 0.3) is 0 Å². The fourth-order valence-electron chi connectivity index (χ4n) is 4.41. The number of ketones is 1. The molecule has 1 aromatic carbocycles. The summed E-state index contributed by atoms with van der Waals surface area (Å²) >= 11 is 1.35. The molecule has 7 nitrogen and oxygen atoms in total. The number of rotatable bonds is 7. The monoisotopic (exact) mass is 491 g/mol. The van der Waals surface area contributed by atoms with E-state index in [4.69, 9.17) is 4.74 Å². The van der Waals surface area contributed by atoms with Gasteiger partial charge in [0.15, 0.2) is 5.78 Å². The van der Waals surface area contributed by atoms with Crippen LogP contribution >= 0.6 is 11.3 Å². The van der Waals surface area contributed by atoms with Gasteiger partial charge in [-0.2, -0.15) is 0 Å². The van der Waals surface area contributed by atoms with Gasteiger partial charge in [0.2, 0.25) is 0 Å². The smallest absolute Gasteiger partial charge is 0.170 e. The van der Waals surface area contributed by atoms with E-state index < -0.39 is 0 Å². The predicted molar refractivity (Wildman–Crippen MR) is 135 cm³/mol. The van der Waals surface area contributed by atoms with Crippen molar-refractivity contribution in [2.24, 2.45) is 0 Å². The summed E-state index contributed by atoms with van der Waals surface area (Å²) in [5.41, 5.74) is 2.51. The third-order valence-electron chi connectivity index (χ3n) is 6.18. The summed E-state index contributed by atoms with van der Waals surface area (Å²) in [6, 6.07) is 10.4. The van der Waals surface area contributed by atoms with Crippen LogP contribution in [0, 0.1) is 12.7 Å². The molecule has 4 aromatic rings. The minimum atomic E-state index is -0.364. The van der Waals surface area contributed by atoms with Crippen molar-refractivity contribution >= 4 is 38.8 Å². The first-order valence-electron chi connectivity index (χ1n) is 11.6. The van der Waals surface area contributed by atoms with E-state index in [9.17, 15) is 9.18 Å². The normalized spacial score (nSPS) is 14.8. The standard InChI is InChI=1S/C26H26FN5O2S/c1-16-23-25(29-15-30-26(23)35-24(16)17(2)33)31-21-7-6-18(27)13-22(21)34-20-8-11-32(12-9-20)14-19-5-3-4-10-28-19/h3-7,10,13,15,20H,8-9,11-12,14H2,1-2H3,(H,29,30,31). The number of aromatic nitrogens is 3. The highest BCUT2D eigenvalue weighted by atomic mass is 32.1. The zero-order chi connectivity index (χ0) is 24.4. The topological polar surface area (TPSA) is 80.2 Å². The van der Waals surface area contributed by atoms with Gasteiger partial charge in [0.05, 0.1) is 21.6 Å². The van der Waals surface area contributed by atoms with Crippen LogP contribution in [-0.2, 0) is 6.54 Å². The molecular formula is C26H26FN5O2S. The number of piperidine rings is 1. The third kappa shape index (κ3) is 5.16. The van der Waals surface area contributed by atoms with E-state index in [1.807, 2.05) is 31.3 Å². The number of benzene rings is 1. The van der Waals surface area contributed by atoms with E-state index in [0.29, 0.717) is 22.1 Å². The maximum absolute atomic E-state index is 14.2. The number of ether oxygens (including phenoxy) is 1. The molecule has 1 N–H and O–H groups in total. The summed E-state index contributed by atoms with van der Waals surface area (Å²) in [5.74, 6) is 0.644. The highest BCUT2D eigenvalue weighted by Gasteiger charge is 2.23. The van der Waals surface area contributed by atoms with E-state index in [2.05, 4.69) is 25.2 Å². The molecule has 5 rings (SSSR count). The Hall–Kier alpha value is -3.43. The third-order valence-corrected chi connectivity index (χ3v) is 7.48. The number of Topliss-reactive ketones (excluding diaryl/α,β-unsaturated/α-hetero) is 1. The molecule has 1 aliphatic rings. The SMILES string of the molecule is CC(=O)c1sc2ncnc(Nc3ccc(F)cc3OC3CCN(Cc4ccccn4)CC3)c2c1C. The second kappa shape index (κ2) is 10.1. The lowest BCUT2D eigenvalue weighted by molar-refractivity contribution is 0.0964. The number of aryl methyl sites for hydroxylation is 1. The van der Waals surface area contributed by atoms with Crippen LogP contribution in [0.1, 0.15) is 40.7 Å². The Kier molecular flexibility index (Phi) is 6.70. The summed E-state index contributed by atoms with van der Waals surface area (Å²) in [6.45, 7) is 6.02.